The average molecular weight is 380 g/mol. The molecule has 0 spiro atoms. The molecule has 1 aliphatic rings. The van der Waals surface area contributed by atoms with Gasteiger partial charge in [0.2, 0.25) is 5.91 Å². The van der Waals surface area contributed by atoms with Crippen LogP contribution in [-0.4, -0.2) is 25.3 Å². The fraction of sp³-hybridized carbons (Fsp3) is 0.417. The molecule has 1 N–H and O–H groups in total. The van der Waals surface area contributed by atoms with Gasteiger partial charge in [0, 0.05) is 30.4 Å². The smallest absolute Gasteiger partial charge is 0.220 e. The zero-order valence-corrected chi connectivity index (χ0v) is 16.6. The van der Waals surface area contributed by atoms with Crippen LogP contribution in [0.1, 0.15) is 60.9 Å². The van der Waals surface area contributed by atoms with E-state index < -0.39 is 0 Å². The van der Waals surface area contributed by atoms with Crippen LogP contribution in [0.4, 0.5) is 0 Å². The third kappa shape index (κ3) is 5.00. The van der Waals surface area contributed by atoms with E-state index in [1.54, 1.807) is 31.4 Å². The molecule has 2 aromatic carbocycles. The number of Topliss-reactive ketones (excluding diaryl/α,β-unsaturated/α-hetero) is 1. The molecule has 1 fully saturated rings. The molecule has 2 aromatic rings. The van der Waals surface area contributed by atoms with E-state index in [0.717, 1.165) is 18.6 Å². The van der Waals surface area contributed by atoms with Crippen molar-refractivity contribution in [3.8, 4) is 5.75 Å². The number of ketones is 1. The van der Waals surface area contributed by atoms with E-state index >= 15 is 0 Å². The summed E-state index contributed by atoms with van der Waals surface area (Å²) in [5, 5.41) is 3.13. The summed E-state index contributed by atoms with van der Waals surface area (Å²) in [4.78, 5) is 24.6. The first-order chi connectivity index (χ1) is 13.6. The lowest BCUT2D eigenvalue weighted by molar-refractivity contribution is -0.121. The molecule has 1 aliphatic carbocycles. The second-order valence-corrected chi connectivity index (χ2v) is 7.64. The first-order valence-corrected chi connectivity index (χ1v) is 10.1. The molecule has 0 aliphatic heterocycles. The van der Waals surface area contributed by atoms with E-state index in [1.165, 1.54) is 18.4 Å². The fourth-order valence-corrected chi connectivity index (χ4v) is 4.10. The zero-order chi connectivity index (χ0) is 19.8. The van der Waals surface area contributed by atoms with Gasteiger partial charge in [-0.05, 0) is 49.1 Å². The van der Waals surface area contributed by atoms with Crippen LogP contribution >= 0.6 is 0 Å². The highest BCUT2D eigenvalue weighted by Gasteiger charge is 2.35. The molecule has 4 heteroatoms. The molecule has 1 amide bonds. The van der Waals surface area contributed by atoms with Crippen molar-refractivity contribution in [3.63, 3.8) is 0 Å². The summed E-state index contributed by atoms with van der Waals surface area (Å²) in [6, 6.07) is 17.6. The van der Waals surface area contributed by atoms with Crippen LogP contribution in [0.5, 0.6) is 5.75 Å². The number of ether oxygens (including phenoxy) is 1. The summed E-state index contributed by atoms with van der Waals surface area (Å²) in [6.07, 6.45) is 5.98. The number of hydrogen-bond acceptors (Lipinski definition) is 3. The molecule has 148 valence electrons. The molecular weight excluding hydrogens is 350 g/mol. The van der Waals surface area contributed by atoms with Gasteiger partial charge in [0.05, 0.1) is 7.11 Å². The van der Waals surface area contributed by atoms with Crippen molar-refractivity contribution in [2.75, 3.05) is 13.7 Å². The first kappa shape index (κ1) is 20.1. The molecule has 0 bridgehead atoms. The minimum Gasteiger partial charge on any atom is -0.497 e. The third-order valence-electron chi connectivity index (χ3n) is 5.79. The Kier molecular flexibility index (Phi) is 6.85. The van der Waals surface area contributed by atoms with Crippen LogP contribution in [0.25, 0.3) is 0 Å². The molecule has 0 radical (unpaired) electrons. The Morgan fingerprint density at radius 3 is 2.29 bits per heavy atom. The van der Waals surface area contributed by atoms with E-state index in [4.69, 9.17) is 4.74 Å². The van der Waals surface area contributed by atoms with Crippen molar-refractivity contribution < 1.29 is 14.3 Å². The van der Waals surface area contributed by atoms with Crippen molar-refractivity contribution >= 4 is 11.7 Å². The van der Waals surface area contributed by atoms with Gasteiger partial charge in [-0.25, -0.2) is 0 Å². The highest BCUT2D eigenvalue weighted by atomic mass is 16.5. The predicted molar refractivity (Wildman–Crippen MR) is 111 cm³/mol. The van der Waals surface area contributed by atoms with Crippen molar-refractivity contribution in [2.45, 2.75) is 50.4 Å². The SMILES string of the molecule is COc1ccc(C(=O)CCCC(=O)NCC2(c3ccccc3)CCCC2)cc1. The maximum Gasteiger partial charge on any atom is 0.220 e. The highest BCUT2D eigenvalue weighted by Crippen LogP contribution is 2.40. The summed E-state index contributed by atoms with van der Waals surface area (Å²) in [5.41, 5.74) is 2.05. The standard InChI is InChI=1S/C24H29NO3/c1-28-21-14-12-19(13-15-21)22(26)10-7-11-23(27)25-18-24(16-5-6-17-24)20-8-3-2-4-9-20/h2-4,8-9,12-15H,5-7,10-11,16-18H2,1H3,(H,25,27). The third-order valence-corrected chi connectivity index (χ3v) is 5.79. The Labute approximate surface area is 167 Å². The lowest BCUT2D eigenvalue weighted by Crippen LogP contribution is -2.39. The number of rotatable bonds is 9. The number of amides is 1. The Hall–Kier alpha value is -2.62. The van der Waals surface area contributed by atoms with E-state index in [0.29, 0.717) is 31.4 Å². The van der Waals surface area contributed by atoms with Crippen molar-refractivity contribution in [3.05, 3.63) is 65.7 Å². The van der Waals surface area contributed by atoms with E-state index in [1.807, 2.05) is 6.07 Å². The summed E-state index contributed by atoms with van der Waals surface area (Å²) < 4.78 is 5.11. The number of carbonyl (C=O) groups is 2. The first-order valence-electron chi connectivity index (χ1n) is 10.1. The molecule has 0 aromatic heterocycles. The number of methoxy groups -OCH3 is 1. The van der Waals surface area contributed by atoms with Crippen LogP contribution in [0.3, 0.4) is 0 Å². The van der Waals surface area contributed by atoms with Crippen molar-refractivity contribution in [2.24, 2.45) is 0 Å². The second-order valence-electron chi connectivity index (χ2n) is 7.64. The van der Waals surface area contributed by atoms with Crippen molar-refractivity contribution in [1.29, 1.82) is 0 Å². The summed E-state index contributed by atoms with van der Waals surface area (Å²) >= 11 is 0. The number of nitrogens with one attached hydrogen (secondary N) is 1. The van der Waals surface area contributed by atoms with E-state index in [2.05, 4.69) is 29.6 Å². The van der Waals surface area contributed by atoms with Crippen LogP contribution in [0.15, 0.2) is 54.6 Å². The van der Waals surface area contributed by atoms with Crippen LogP contribution in [0.2, 0.25) is 0 Å². The Morgan fingerprint density at radius 2 is 1.64 bits per heavy atom. The average Bonchev–Trinajstić information content (AvgIpc) is 3.23. The molecule has 0 saturated heterocycles. The Morgan fingerprint density at radius 1 is 0.964 bits per heavy atom. The maximum absolute atomic E-state index is 12.3. The zero-order valence-electron chi connectivity index (χ0n) is 16.6. The van der Waals surface area contributed by atoms with Gasteiger partial charge >= 0.3 is 0 Å². The minimum absolute atomic E-state index is 0.0322. The quantitative estimate of drug-likeness (QED) is 0.644. The van der Waals surface area contributed by atoms with Gasteiger partial charge < -0.3 is 10.1 Å². The number of hydrogen-bond donors (Lipinski definition) is 1. The molecule has 0 atom stereocenters. The normalized spacial score (nSPS) is 15.2. The number of benzene rings is 2. The van der Waals surface area contributed by atoms with Crippen LogP contribution in [-0.2, 0) is 10.2 Å². The predicted octanol–water partition coefficient (Wildman–Crippen LogP) is 4.68. The van der Waals surface area contributed by atoms with Gasteiger partial charge in [-0.3, -0.25) is 9.59 Å². The van der Waals surface area contributed by atoms with Crippen molar-refractivity contribution in [1.82, 2.24) is 5.32 Å². The van der Waals surface area contributed by atoms with E-state index in [-0.39, 0.29) is 17.1 Å². The van der Waals surface area contributed by atoms with Gasteiger partial charge in [-0.1, -0.05) is 43.2 Å². The molecular formula is C24H29NO3. The van der Waals surface area contributed by atoms with Gasteiger partial charge in [-0.2, -0.15) is 0 Å². The van der Waals surface area contributed by atoms with Crippen LogP contribution in [0, 0.1) is 0 Å². The molecule has 4 nitrogen and oxygen atoms in total. The Bertz CT molecular complexity index is 777. The van der Waals surface area contributed by atoms with Gasteiger partial charge in [-0.15, -0.1) is 0 Å². The lowest BCUT2D eigenvalue weighted by atomic mass is 9.79. The molecule has 1 saturated carbocycles. The summed E-state index contributed by atoms with van der Waals surface area (Å²) in [7, 11) is 1.60. The minimum atomic E-state index is 0.0322. The molecule has 3 rings (SSSR count). The Balaban J connectivity index is 1.45. The summed E-state index contributed by atoms with van der Waals surface area (Å²) in [6.45, 7) is 0.683. The molecule has 0 heterocycles. The lowest BCUT2D eigenvalue weighted by Gasteiger charge is -2.30. The van der Waals surface area contributed by atoms with Crippen LogP contribution < -0.4 is 10.1 Å². The largest absolute Gasteiger partial charge is 0.497 e. The maximum atomic E-state index is 12.3. The van der Waals surface area contributed by atoms with Gasteiger partial charge in [0.25, 0.3) is 0 Å². The number of carbonyl (C=O) groups excluding carboxylic acids is 2. The second kappa shape index (κ2) is 9.54. The fourth-order valence-electron chi connectivity index (χ4n) is 4.10. The van der Waals surface area contributed by atoms with E-state index in [9.17, 15) is 9.59 Å². The highest BCUT2D eigenvalue weighted by molar-refractivity contribution is 5.96. The molecule has 28 heavy (non-hydrogen) atoms. The summed E-state index contributed by atoms with van der Waals surface area (Å²) in [5.74, 6) is 0.826. The monoisotopic (exact) mass is 379 g/mol. The van der Waals surface area contributed by atoms with Gasteiger partial charge in [0.15, 0.2) is 5.78 Å². The van der Waals surface area contributed by atoms with Gasteiger partial charge in [0.1, 0.15) is 5.75 Å². The molecule has 0 unspecified atom stereocenters. The topological polar surface area (TPSA) is 55.4 Å².